The first-order chi connectivity index (χ1) is 12.1. The summed E-state index contributed by atoms with van der Waals surface area (Å²) in [7, 11) is 2.20. The Bertz CT molecular complexity index is 536. The van der Waals surface area contributed by atoms with Gasteiger partial charge in [-0.25, -0.2) is 0 Å². The fraction of sp³-hybridized carbons (Fsp3) is 0.789. The van der Waals surface area contributed by atoms with Crippen molar-refractivity contribution in [1.82, 2.24) is 24.9 Å². The summed E-state index contributed by atoms with van der Waals surface area (Å²) in [5.74, 6) is 0.227. The number of nitrogens with one attached hydrogen (secondary N) is 1. The van der Waals surface area contributed by atoms with Gasteiger partial charge in [-0.05, 0) is 70.3 Å². The van der Waals surface area contributed by atoms with Gasteiger partial charge in [0.15, 0.2) is 0 Å². The van der Waals surface area contributed by atoms with Gasteiger partial charge in [0.2, 0.25) is 5.91 Å². The molecule has 6 nitrogen and oxygen atoms in total. The third-order valence-electron chi connectivity index (χ3n) is 5.89. The van der Waals surface area contributed by atoms with Crippen LogP contribution in [0, 0.1) is 5.41 Å². The molecule has 2 aliphatic heterocycles. The van der Waals surface area contributed by atoms with Crippen LogP contribution in [-0.4, -0.2) is 71.3 Å². The van der Waals surface area contributed by atoms with Gasteiger partial charge in [-0.3, -0.25) is 14.4 Å². The summed E-state index contributed by atoms with van der Waals surface area (Å²) in [5, 5.41) is 7.38. The number of amides is 1. The molecule has 2 fully saturated rings. The van der Waals surface area contributed by atoms with Crippen LogP contribution < -0.4 is 5.32 Å². The molecule has 140 valence electrons. The van der Waals surface area contributed by atoms with E-state index < -0.39 is 0 Å². The van der Waals surface area contributed by atoms with Gasteiger partial charge in [-0.1, -0.05) is 6.92 Å². The number of hydrogen-bond acceptors (Lipinski definition) is 4. The van der Waals surface area contributed by atoms with Crippen molar-refractivity contribution in [3.8, 4) is 0 Å². The molecule has 0 aromatic carbocycles. The predicted molar refractivity (Wildman–Crippen MR) is 99.3 cm³/mol. The number of likely N-dealkylation sites (tertiary alicyclic amines) is 2. The molecule has 2 aliphatic rings. The molecular weight excluding hydrogens is 314 g/mol. The Labute approximate surface area is 151 Å². The first kappa shape index (κ1) is 18.4. The first-order valence-corrected chi connectivity index (χ1v) is 9.80. The number of rotatable bonds is 7. The number of nitrogens with zero attached hydrogens (tertiary/aromatic N) is 4. The van der Waals surface area contributed by atoms with E-state index in [9.17, 15) is 4.79 Å². The molecule has 1 atom stereocenters. The van der Waals surface area contributed by atoms with Gasteiger partial charge in [0.1, 0.15) is 0 Å². The molecule has 0 radical (unpaired) electrons. The molecule has 1 aromatic heterocycles. The molecule has 0 aliphatic carbocycles. The van der Waals surface area contributed by atoms with E-state index in [1.54, 1.807) is 6.20 Å². The summed E-state index contributed by atoms with van der Waals surface area (Å²) < 4.78 is 1.92. The molecule has 1 N–H and O–H groups in total. The normalized spacial score (nSPS) is 24.0. The van der Waals surface area contributed by atoms with Crippen molar-refractivity contribution in [2.24, 2.45) is 5.41 Å². The Morgan fingerprint density at radius 2 is 2.12 bits per heavy atom. The van der Waals surface area contributed by atoms with E-state index >= 15 is 0 Å². The summed E-state index contributed by atoms with van der Waals surface area (Å²) in [4.78, 5) is 17.7. The second-order valence-corrected chi connectivity index (χ2v) is 7.91. The third kappa shape index (κ3) is 4.61. The molecule has 1 amide bonds. The average Bonchev–Trinajstić information content (AvgIpc) is 3.23. The molecule has 1 spiro atoms. The van der Waals surface area contributed by atoms with Crippen molar-refractivity contribution >= 4 is 5.91 Å². The Morgan fingerprint density at radius 3 is 2.80 bits per heavy atom. The zero-order valence-electron chi connectivity index (χ0n) is 15.8. The summed E-state index contributed by atoms with van der Waals surface area (Å²) in [6, 6.07) is 1.99. The minimum absolute atomic E-state index is 0.0630. The molecule has 0 saturated carbocycles. The first-order valence-electron chi connectivity index (χ1n) is 9.80. The van der Waals surface area contributed by atoms with Crippen LogP contribution in [0.15, 0.2) is 18.5 Å². The summed E-state index contributed by atoms with van der Waals surface area (Å²) >= 11 is 0. The lowest BCUT2D eigenvalue weighted by molar-refractivity contribution is -0.125. The van der Waals surface area contributed by atoms with Crippen molar-refractivity contribution in [1.29, 1.82) is 0 Å². The fourth-order valence-corrected chi connectivity index (χ4v) is 4.38. The average molecular weight is 348 g/mol. The van der Waals surface area contributed by atoms with Crippen LogP contribution >= 0.6 is 0 Å². The van der Waals surface area contributed by atoms with Crippen LogP contribution in [0.4, 0.5) is 0 Å². The van der Waals surface area contributed by atoms with Crippen molar-refractivity contribution in [2.75, 3.05) is 39.8 Å². The predicted octanol–water partition coefficient (Wildman–Crippen LogP) is 1.59. The number of piperidine rings is 1. The van der Waals surface area contributed by atoms with E-state index in [1.807, 2.05) is 16.9 Å². The van der Waals surface area contributed by atoms with E-state index in [4.69, 9.17) is 0 Å². The molecule has 3 heterocycles. The molecule has 25 heavy (non-hydrogen) atoms. The lowest BCUT2D eigenvalue weighted by Gasteiger charge is -2.37. The van der Waals surface area contributed by atoms with Gasteiger partial charge in [0.25, 0.3) is 0 Å². The highest BCUT2D eigenvalue weighted by atomic mass is 16.2. The zero-order valence-corrected chi connectivity index (χ0v) is 15.8. The quantitative estimate of drug-likeness (QED) is 0.761. The van der Waals surface area contributed by atoms with Gasteiger partial charge >= 0.3 is 0 Å². The van der Waals surface area contributed by atoms with Crippen molar-refractivity contribution < 1.29 is 4.79 Å². The monoisotopic (exact) mass is 347 g/mol. The van der Waals surface area contributed by atoms with E-state index in [0.717, 1.165) is 58.5 Å². The van der Waals surface area contributed by atoms with E-state index in [2.05, 4.69) is 34.2 Å². The molecule has 2 saturated heterocycles. The maximum atomic E-state index is 12.8. The van der Waals surface area contributed by atoms with Crippen molar-refractivity contribution in [3.63, 3.8) is 0 Å². The molecule has 0 bridgehead atoms. The molecule has 3 rings (SSSR count). The van der Waals surface area contributed by atoms with Gasteiger partial charge in [0, 0.05) is 32.0 Å². The highest BCUT2D eigenvalue weighted by Crippen LogP contribution is 2.43. The Balaban J connectivity index is 1.50. The van der Waals surface area contributed by atoms with Gasteiger partial charge in [-0.2, -0.15) is 5.10 Å². The van der Waals surface area contributed by atoms with Gasteiger partial charge < -0.3 is 10.2 Å². The number of carbonyl (C=O) groups excluding carboxylic acids is 1. The number of hydrogen-bond donors (Lipinski definition) is 1. The molecular formula is C19H33N5O. The maximum Gasteiger partial charge on any atom is 0.237 e. The highest BCUT2D eigenvalue weighted by molar-refractivity contribution is 5.82. The molecule has 0 unspecified atom stereocenters. The Hall–Kier alpha value is -1.40. The highest BCUT2D eigenvalue weighted by Gasteiger charge is 2.47. The van der Waals surface area contributed by atoms with Gasteiger partial charge in [-0.15, -0.1) is 0 Å². The Morgan fingerprint density at radius 1 is 1.32 bits per heavy atom. The Kier molecular flexibility index (Phi) is 6.12. The van der Waals surface area contributed by atoms with E-state index in [0.29, 0.717) is 5.41 Å². The maximum absolute atomic E-state index is 12.8. The van der Waals surface area contributed by atoms with Crippen LogP contribution in [0.25, 0.3) is 0 Å². The van der Waals surface area contributed by atoms with Crippen LogP contribution in [0.3, 0.4) is 0 Å². The lowest BCUT2D eigenvalue weighted by atomic mass is 9.76. The summed E-state index contributed by atoms with van der Waals surface area (Å²) in [5.41, 5.74) is 0.360. The zero-order chi connectivity index (χ0) is 17.7. The van der Waals surface area contributed by atoms with Crippen LogP contribution in [-0.2, 0) is 11.3 Å². The topological polar surface area (TPSA) is 53.4 Å². The fourth-order valence-electron chi connectivity index (χ4n) is 4.38. The second kappa shape index (κ2) is 8.32. The number of aryl methyl sites for hydroxylation is 1. The second-order valence-electron chi connectivity index (χ2n) is 7.91. The number of aromatic nitrogens is 2. The van der Waals surface area contributed by atoms with Gasteiger partial charge in [0.05, 0.1) is 6.04 Å². The summed E-state index contributed by atoms with van der Waals surface area (Å²) in [6.45, 7) is 8.25. The SMILES string of the molecule is CCCN1CC2(CCN(C)CC2)C[C@H]1C(=O)NCCCn1cccn1. The molecule has 1 aromatic rings. The van der Waals surface area contributed by atoms with Crippen molar-refractivity contribution in [2.45, 2.75) is 51.6 Å². The van der Waals surface area contributed by atoms with Crippen LogP contribution in [0.1, 0.15) is 39.0 Å². The molecule has 6 heteroatoms. The lowest BCUT2D eigenvalue weighted by Crippen LogP contribution is -2.43. The van der Waals surface area contributed by atoms with E-state index in [-0.39, 0.29) is 11.9 Å². The summed E-state index contributed by atoms with van der Waals surface area (Å²) in [6.07, 6.45) is 9.28. The number of carbonyl (C=O) groups is 1. The van der Waals surface area contributed by atoms with Crippen LogP contribution in [0.2, 0.25) is 0 Å². The third-order valence-corrected chi connectivity index (χ3v) is 5.89. The van der Waals surface area contributed by atoms with Crippen LogP contribution in [0.5, 0.6) is 0 Å². The smallest absolute Gasteiger partial charge is 0.237 e. The van der Waals surface area contributed by atoms with E-state index in [1.165, 1.54) is 12.8 Å². The largest absolute Gasteiger partial charge is 0.355 e. The minimum atomic E-state index is 0.0630. The minimum Gasteiger partial charge on any atom is -0.355 e. The van der Waals surface area contributed by atoms with Crippen molar-refractivity contribution in [3.05, 3.63) is 18.5 Å². The standard InChI is InChI=1S/C19H33N5O/c1-3-10-23-16-19(6-13-22(2)14-7-19)15-17(23)18(25)20-8-4-11-24-12-5-9-21-24/h5,9,12,17H,3-4,6-8,10-11,13-16H2,1-2H3,(H,20,25)/t17-/m0/s1.